The summed E-state index contributed by atoms with van der Waals surface area (Å²) in [6, 6.07) is 9.21. The quantitative estimate of drug-likeness (QED) is 0.897. The Balaban J connectivity index is 1.73. The summed E-state index contributed by atoms with van der Waals surface area (Å²) in [6.45, 7) is 5.52. The maximum absolute atomic E-state index is 9.03. The smallest absolute Gasteiger partial charge is 0.0994 e. The lowest BCUT2D eigenvalue weighted by Crippen LogP contribution is -2.43. The van der Waals surface area contributed by atoms with Crippen molar-refractivity contribution in [3.05, 3.63) is 29.3 Å². The predicted molar refractivity (Wildman–Crippen MR) is 81.9 cm³/mol. The SMILES string of the molecule is Cc1cc(N2CCCC(C3CCCN3)C2)ccc1C#N. The third-order valence-electron chi connectivity index (χ3n) is 4.82. The second kappa shape index (κ2) is 5.85. The van der Waals surface area contributed by atoms with Crippen molar-refractivity contribution in [2.75, 3.05) is 24.5 Å². The monoisotopic (exact) mass is 269 g/mol. The largest absolute Gasteiger partial charge is 0.371 e. The Morgan fingerprint density at radius 3 is 2.90 bits per heavy atom. The Bertz CT molecular complexity index is 511. The molecule has 0 saturated carbocycles. The second-order valence-electron chi connectivity index (χ2n) is 6.16. The molecule has 0 aliphatic carbocycles. The Labute approximate surface area is 121 Å². The minimum atomic E-state index is 0.720. The van der Waals surface area contributed by atoms with Gasteiger partial charge in [0, 0.05) is 24.8 Å². The van der Waals surface area contributed by atoms with Crippen LogP contribution in [0, 0.1) is 24.2 Å². The van der Waals surface area contributed by atoms with Crippen LogP contribution in [0.4, 0.5) is 5.69 Å². The van der Waals surface area contributed by atoms with Crippen molar-refractivity contribution in [1.29, 1.82) is 5.26 Å². The molecule has 1 aromatic rings. The zero-order valence-electron chi connectivity index (χ0n) is 12.2. The predicted octanol–water partition coefficient (Wildman–Crippen LogP) is 2.84. The zero-order chi connectivity index (χ0) is 13.9. The Morgan fingerprint density at radius 1 is 1.30 bits per heavy atom. The zero-order valence-corrected chi connectivity index (χ0v) is 12.2. The van der Waals surface area contributed by atoms with Gasteiger partial charge >= 0.3 is 0 Å². The molecule has 2 aliphatic heterocycles. The first-order chi connectivity index (χ1) is 9.78. The molecule has 2 aliphatic rings. The van der Waals surface area contributed by atoms with Crippen LogP contribution in [0.1, 0.15) is 36.8 Å². The van der Waals surface area contributed by atoms with E-state index in [4.69, 9.17) is 5.26 Å². The van der Waals surface area contributed by atoms with E-state index in [1.165, 1.54) is 37.9 Å². The molecule has 20 heavy (non-hydrogen) atoms. The third-order valence-corrected chi connectivity index (χ3v) is 4.82. The van der Waals surface area contributed by atoms with E-state index in [9.17, 15) is 0 Å². The molecule has 106 valence electrons. The fourth-order valence-electron chi connectivity index (χ4n) is 3.66. The maximum atomic E-state index is 9.03. The fourth-order valence-corrected chi connectivity index (χ4v) is 3.66. The van der Waals surface area contributed by atoms with Crippen molar-refractivity contribution in [1.82, 2.24) is 5.32 Å². The molecule has 2 heterocycles. The minimum absolute atomic E-state index is 0.720. The highest BCUT2D eigenvalue weighted by Crippen LogP contribution is 2.29. The Hall–Kier alpha value is -1.53. The number of nitrogens with one attached hydrogen (secondary N) is 1. The number of benzene rings is 1. The molecule has 0 radical (unpaired) electrons. The Morgan fingerprint density at radius 2 is 2.20 bits per heavy atom. The highest BCUT2D eigenvalue weighted by Gasteiger charge is 2.29. The van der Waals surface area contributed by atoms with Gasteiger partial charge in [-0.2, -0.15) is 5.26 Å². The number of anilines is 1. The van der Waals surface area contributed by atoms with Crippen molar-refractivity contribution in [2.45, 2.75) is 38.6 Å². The first-order valence-corrected chi connectivity index (χ1v) is 7.77. The first kappa shape index (κ1) is 13.5. The van der Waals surface area contributed by atoms with Crippen LogP contribution in [0.2, 0.25) is 0 Å². The summed E-state index contributed by atoms with van der Waals surface area (Å²) in [5, 5.41) is 12.7. The highest BCUT2D eigenvalue weighted by molar-refractivity contribution is 5.53. The van der Waals surface area contributed by atoms with Crippen molar-refractivity contribution >= 4 is 5.69 Å². The lowest BCUT2D eigenvalue weighted by Gasteiger charge is -2.37. The van der Waals surface area contributed by atoms with Gasteiger partial charge in [0.1, 0.15) is 0 Å². The van der Waals surface area contributed by atoms with Gasteiger partial charge in [0.05, 0.1) is 11.6 Å². The molecule has 2 saturated heterocycles. The van der Waals surface area contributed by atoms with Gasteiger partial charge in [-0.15, -0.1) is 0 Å². The lowest BCUT2D eigenvalue weighted by atomic mass is 9.89. The third kappa shape index (κ3) is 2.66. The lowest BCUT2D eigenvalue weighted by molar-refractivity contribution is 0.329. The average Bonchev–Trinajstić information content (AvgIpc) is 3.01. The van der Waals surface area contributed by atoms with Crippen LogP contribution in [0.25, 0.3) is 0 Å². The number of nitrogens with zero attached hydrogens (tertiary/aromatic N) is 2. The summed E-state index contributed by atoms with van der Waals surface area (Å²) < 4.78 is 0. The van der Waals surface area contributed by atoms with Gasteiger partial charge in [-0.05, 0) is 68.8 Å². The molecule has 2 atom stereocenters. The average molecular weight is 269 g/mol. The molecule has 2 fully saturated rings. The van der Waals surface area contributed by atoms with Gasteiger partial charge in [-0.1, -0.05) is 0 Å². The molecule has 1 aromatic carbocycles. The first-order valence-electron chi connectivity index (χ1n) is 7.77. The molecule has 1 N–H and O–H groups in total. The molecule has 0 spiro atoms. The summed E-state index contributed by atoms with van der Waals surface area (Å²) in [6.07, 6.45) is 5.30. The van der Waals surface area contributed by atoms with Crippen molar-refractivity contribution in [2.24, 2.45) is 5.92 Å². The minimum Gasteiger partial charge on any atom is -0.371 e. The molecular weight excluding hydrogens is 246 g/mol. The van der Waals surface area contributed by atoms with Gasteiger partial charge in [0.25, 0.3) is 0 Å². The van der Waals surface area contributed by atoms with Gasteiger partial charge in [0.2, 0.25) is 0 Å². The molecule has 0 bridgehead atoms. The number of hydrogen-bond donors (Lipinski definition) is 1. The van der Waals surface area contributed by atoms with E-state index >= 15 is 0 Å². The summed E-state index contributed by atoms with van der Waals surface area (Å²) in [5.41, 5.74) is 3.16. The van der Waals surface area contributed by atoms with E-state index in [-0.39, 0.29) is 0 Å². The summed E-state index contributed by atoms with van der Waals surface area (Å²) >= 11 is 0. The van der Waals surface area contributed by atoms with E-state index in [0.29, 0.717) is 0 Å². The normalized spacial score (nSPS) is 26.5. The summed E-state index contributed by atoms with van der Waals surface area (Å²) in [4.78, 5) is 2.50. The molecular formula is C17H23N3. The molecule has 3 nitrogen and oxygen atoms in total. The highest BCUT2D eigenvalue weighted by atomic mass is 15.1. The van der Waals surface area contributed by atoms with E-state index in [0.717, 1.165) is 36.2 Å². The molecule has 2 unspecified atom stereocenters. The summed E-state index contributed by atoms with van der Waals surface area (Å²) in [7, 11) is 0. The number of aryl methyl sites for hydroxylation is 1. The second-order valence-corrected chi connectivity index (χ2v) is 6.16. The van der Waals surface area contributed by atoms with Crippen LogP contribution in [0.5, 0.6) is 0 Å². The van der Waals surface area contributed by atoms with E-state index < -0.39 is 0 Å². The van der Waals surface area contributed by atoms with E-state index in [1.807, 2.05) is 13.0 Å². The molecule has 3 rings (SSSR count). The number of hydrogen-bond acceptors (Lipinski definition) is 3. The van der Waals surface area contributed by atoms with Crippen molar-refractivity contribution in [3.63, 3.8) is 0 Å². The van der Waals surface area contributed by atoms with E-state index in [1.54, 1.807) is 0 Å². The van der Waals surface area contributed by atoms with Crippen molar-refractivity contribution < 1.29 is 0 Å². The van der Waals surface area contributed by atoms with Gasteiger partial charge < -0.3 is 10.2 Å². The van der Waals surface area contributed by atoms with Crippen molar-refractivity contribution in [3.8, 4) is 6.07 Å². The van der Waals surface area contributed by atoms with Gasteiger partial charge in [0.15, 0.2) is 0 Å². The Kier molecular flexibility index (Phi) is 3.93. The molecule has 0 aromatic heterocycles. The van der Waals surface area contributed by atoms with Crippen LogP contribution >= 0.6 is 0 Å². The summed E-state index contributed by atoms with van der Waals surface area (Å²) in [5.74, 6) is 0.780. The number of piperidine rings is 1. The molecule has 3 heteroatoms. The standard InChI is InChI=1S/C17H23N3/c1-13-10-16(7-6-14(13)11-18)20-9-3-4-15(12-20)17-5-2-8-19-17/h6-7,10,15,17,19H,2-5,8-9,12H2,1H3. The van der Waals surface area contributed by atoms with Crippen LogP contribution < -0.4 is 10.2 Å². The number of rotatable bonds is 2. The van der Waals surface area contributed by atoms with Crippen LogP contribution in [-0.4, -0.2) is 25.7 Å². The molecule has 0 amide bonds. The van der Waals surface area contributed by atoms with Crippen LogP contribution in [0.15, 0.2) is 18.2 Å². The van der Waals surface area contributed by atoms with E-state index in [2.05, 4.69) is 28.4 Å². The van der Waals surface area contributed by atoms with Crippen LogP contribution in [0.3, 0.4) is 0 Å². The fraction of sp³-hybridized carbons (Fsp3) is 0.588. The maximum Gasteiger partial charge on any atom is 0.0994 e. The van der Waals surface area contributed by atoms with Gasteiger partial charge in [-0.25, -0.2) is 0 Å². The van der Waals surface area contributed by atoms with Crippen LogP contribution in [-0.2, 0) is 0 Å². The van der Waals surface area contributed by atoms with Gasteiger partial charge in [-0.3, -0.25) is 0 Å². The topological polar surface area (TPSA) is 39.1 Å². The number of nitriles is 1.